The Hall–Kier alpha value is -1.74. The van der Waals surface area contributed by atoms with Gasteiger partial charge in [0.2, 0.25) is 5.54 Å². The maximum atomic E-state index is 12.6. The summed E-state index contributed by atoms with van der Waals surface area (Å²) in [6.45, 7) is 7.75. The molecule has 5 nitrogen and oxygen atoms in total. The third-order valence-corrected chi connectivity index (χ3v) is 5.41. The van der Waals surface area contributed by atoms with Gasteiger partial charge in [0, 0.05) is 5.75 Å². The van der Waals surface area contributed by atoms with E-state index in [0.717, 1.165) is 23.9 Å². The Morgan fingerprint density at radius 1 is 1.07 bits per heavy atom. The van der Waals surface area contributed by atoms with Crippen LogP contribution < -0.4 is 5.73 Å². The van der Waals surface area contributed by atoms with E-state index in [1.165, 1.54) is 26.0 Å². The molecular weight excluding hydrogens is 383 g/mol. The number of carbonyl (C=O) groups excluding carboxylic acids is 1. The molecule has 0 fully saturated rings. The highest BCUT2D eigenvalue weighted by atomic mass is 32.2. The molecule has 0 aliphatic carbocycles. The Labute approximate surface area is 160 Å². The average Bonchev–Trinajstić information content (AvgIpc) is 2.49. The van der Waals surface area contributed by atoms with E-state index in [1.807, 2.05) is 0 Å². The third-order valence-electron chi connectivity index (χ3n) is 3.89. The molecule has 9 heteroatoms. The first-order valence-electron chi connectivity index (χ1n) is 8.06. The van der Waals surface area contributed by atoms with Crippen molar-refractivity contribution >= 4 is 23.7 Å². The number of alkyl halides is 3. The van der Waals surface area contributed by atoms with Gasteiger partial charge in [0.15, 0.2) is 0 Å². The van der Waals surface area contributed by atoms with Crippen LogP contribution in [-0.4, -0.2) is 32.9 Å². The molecule has 0 saturated heterocycles. The van der Waals surface area contributed by atoms with E-state index >= 15 is 0 Å². The predicted molar refractivity (Wildman–Crippen MR) is 97.2 cm³/mol. The van der Waals surface area contributed by atoms with Crippen molar-refractivity contribution < 1.29 is 32.6 Å². The molecule has 1 atom stereocenters. The van der Waals surface area contributed by atoms with Gasteiger partial charge in [-0.25, -0.2) is 9.59 Å². The number of nitrogens with two attached hydrogens (primary N) is 1. The molecule has 0 spiro atoms. The van der Waals surface area contributed by atoms with Gasteiger partial charge < -0.3 is 15.6 Å². The summed E-state index contributed by atoms with van der Waals surface area (Å²) in [4.78, 5) is 24.3. The van der Waals surface area contributed by atoms with Gasteiger partial charge >= 0.3 is 18.1 Å². The zero-order valence-corrected chi connectivity index (χ0v) is 16.6. The Morgan fingerprint density at radius 2 is 1.56 bits per heavy atom. The van der Waals surface area contributed by atoms with Crippen LogP contribution in [0.15, 0.2) is 24.3 Å². The van der Waals surface area contributed by atoms with E-state index in [2.05, 4.69) is 0 Å². The number of carbonyl (C=O) groups is 2. The number of carboxylic acids is 1. The molecule has 1 aromatic rings. The first kappa shape index (κ1) is 23.3. The van der Waals surface area contributed by atoms with Crippen molar-refractivity contribution in [2.75, 3.05) is 0 Å². The lowest BCUT2D eigenvalue weighted by Crippen LogP contribution is -2.67. The predicted octanol–water partition coefficient (Wildman–Crippen LogP) is 3.84. The molecule has 0 radical (unpaired) electrons. The molecule has 0 aromatic heterocycles. The minimum Gasteiger partial charge on any atom is -0.479 e. The van der Waals surface area contributed by atoms with Gasteiger partial charge in [-0.15, -0.1) is 11.8 Å². The van der Waals surface area contributed by atoms with Gasteiger partial charge in [0.1, 0.15) is 5.60 Å². The number of carboxylic acid groups (broad SMARTS) is 1. The number of ether oxygens (including phenoxy) is 1. The van der Waals surface area contributed by atoms with E-state index in [-0.39, 0.29) is 5.75 Å². The molecule has 27 heavy (non-hydrogen) atoms. The summed E-state index contributed by atoms with van der Waals surface area (Å²) in [5.74, 6) is -2.45. The smallest absolute Gasteiger partial charge is 0.416 e. The summed E-state index contributed by atoms with van der Waals surface area (Å²) < 4.78 is 41.7. The van der Waals surface area contributed by atoms with Crippen molar-refractivity contribution in [2.45, 2.75) is 62.4 Å². The van der Waals surface area contributed by atoms with Crippen LogP contribution in [0.4, 0.5) is 13.2 Å². The molecule has 0 amide bonds. The number of halogens is 3. The number of aliphatic carboxylic acids is 1. The lowest BCUT2D eigenvalue weighted by Gasteiger charge is -2.39. The van der Waals surface area contributed by atoms with Crippen LogP contribution in [0, 0.1) is 0 Å². The fourth-order valence-corrected chi connectivity index (χ4v) is 3.24. The van der Waals surface area contributed by atoms with Gasteiger partial charge in [-0.05, 0) is 52.3 Å². The van der Waals surface area contributed by atoms with E-state index in [4.69, 9.17) is 10.5 Å². The summed E-state index contributed by atoms with van der Waals surface area (Å²) in [6, 6.07) is 4.50. The minimum atomic E-state index is -4.43. The molecule has 0 bridgehead atoms. The highest BCUT2D eigenvalue weighted by Crippen LogP contribution is 2.38. The molecule has 3 N–H and O–H groups in total. The number of hydrogen-bond donors (Lipinski definition) is 2. The molecule has 1 rings (SSSR count). The Kier molecular flexibility index (Phi) is 6.65. The van der Waals surface area contributed by atoms with Crippen molar-refractivity contribution in [2.24, 2.45) is 5.73 Å². The van der Waals surface area contributed by atoms with Gasteiger partial charge in [-0.2, -0.15) is 13.2 Å². The van der Waals surface area contributed by atoms with E-state index in [0.29, 0.717) is 5.56 Å². The van der Waals surface area contributed by atoms with Crippen LogP contribution in [-0.2, 0) is 26.3 Å². The molecule has 0 aliphatic rings. The normalized spacial score (nSPS) is 15.1. The summed E-state index contributed by atoms with van der Waals surface area (Å²) in [7, 11) is 0. The SMILES string of the molecule is CC(C)(C)OC(=O)[C@](N)(C(=O)O)C(C)(C)SCc1ccc(C(F)(F)F)cc1. The lowest BCUT2D eigenvalue weighted by molar-refractivity contribution is -0.170. The Morgan fingerprint density at radius 3 is 1.93 bits per heavy atom. The van der Waals surface area contributed by atoms with Crippen LogP contribution in [0.5, 0.6) is 0 Å². The number of thioether (sulfide) groups is 1. The fourth-order valence-electron chi connectivity index (χ4n) is 2.12. The second-order valence-corrected chi connectivity index (χ2v) is 9.21. The summed E-state index contributed by atoms with van der Waals surface area (Å²) in [6.07, 6.45) is -4.43. The molecule has 0 unspecified atom stereocenters. The molecule has 0 saturated carbocycles. The van der Waals surface area contributed by atoms with Crippen LogP contribution in [0.2, 0.25) is 0 Å². The quantitative estimate of drug-likeness (QED) is 0.550. The Balaban J connectivity index is 3.01. The van der Waals surface area contributed by atoms with Crippen molar-refractivity contribution in [1.29, 1.82) is 0 Å². The summed E-state index contributed by atoms with van der Waals surface area (Å²) >= 11 is 1.05. The van der Waals surface area contributed by atoms with Crippen molar-refractivity contribution in [1.82, 2.24) is 0 Å². The Bertz CT molecular complexity index is 696. The zero-order chi connectivity index (χ0) is 21.3. The third kappa shape index (κ3) is 5.62. The number of esters is 1. The standard InChI is InChI=1S/C18H24F3NO4S/c1-15(2,3)26-14(25)17(22,13(23)24)16(4,5)27-10-11-6-8-12(9-7-11)18(19,20)21/h6-9H,10,22H2,1-5H3,(H,23,24)/t17-/m1/s1. The zero-order valence-electron chi connectivity index (χ0n) is 15.8. The molecule has 152 valence electrons. The molecule has 1 aromatic carbocycles. The van der Waals surface area contributed by atoms with Gasteiger partial charge in [0.25, 0.3) is 0 Å². The van der Waals surface area contributed by atoms with E-state index in [9.17, 15) is 27.9 Å². The summed E-state index contributed by atoms with van der Waals surface area (Å²) in [5.41, 5.74) is 2.47. The monoisotopic (exact) mass is 407 g/mol. The first-order chi connectivity index (χ1) is 12.0. The number of hydrogen-bond acceptors (Lipinski definition) is 5. The van der Waals surface area contributed by atoms with Crippen LogP contribution >= 0.6 is 11.8 Å². The van der Waals surface area contributed by atoms with Gasteiger partial charge in [-0.1, -0.05) is 12.1 Å². The van der Waals surface area contributed by atoms with Gasteiger partial charge in [0.05, 0.1) is 10.3 Å². The number of benzene rings is 1. The second-order valence-electron chi connectivity index (χ2n) is 7.61. The first-order valence-corrected chi connectivity index (χ1v) is 9.05. The molecule has 0 heterocycles. The highest BCUT2D eigenvalue weighted by molar-refractivity contribution is 8.00. The minimum absolute atomic E-state index is 0.167. The largest absolute Gasteiger partial charge is 0.479 e. The maximum absolute atomic E-state index is 12.6. The second kappa shape index (κ2) is 7.71. The van der Waals surface area contributed by atoms with Gasteiger partial charge in [-0.3, -0.25) is 0 Å². The van der Waals surface area contributed by atoms with Crippen LogP contribution in [0.25, 0.3) is 0 Å². The molecular formula is C18H24F3NO4S. The summed E-state index contributed by atoms with van der Waals surface area (Å²) in [5, 5.41) is 9.59. The van der Waals surface area contributed by atoms with Crippen LogP contribution in [0.3, 0.4) is 0 Å². The maximum Gasteiger partial charge on any atom is 0.416 e. The van der Waals surface area contributed by atoms with E-state index < -0.39 is 39.6 Å². The van der Waals surface area contributed by atoms with Crippen LogP contribution in [0.1, 0.15) is 45.7 Å². The fraction of sp³-hybridized carbons (Fsp3) is 0.556. The molecule has 0 aliphatic heterocycles. The lowest BCUT2D eigenvalue weighted by atomic mass is 9.86. The van der Waals surface area contributed by atoms with Crippen molar-refractivity contribution in [3.8, 4) is 0 Å². The average molecular weight is 407 g/mol. The highest BCUT2D eigenvalue weighted by Gasteiger charge is 2.57. The van der Waals surface area contributed by atoms with Crippen molar-refractivity contribution in [3.63, 3.8) is 0 Å². The van der Waals surface area contributed by atoms with E-state index in [1.54, 1.807) is 20.8 Å². The van der Waals surface area contributed by atoms with Crippen molar-refractivity contribution in [3.05, 3.63) is 35.4 Å². The number of rotatable bonds is 6. The topological polar surface area (TPSA) is 89.6 Å².